The monoisotopic (exact) mass is 294 g/mol. The Labute approximate surface area is 116 Å². The zero-order valence-electron chi connectivity index (χ0n) is 11.4. The van der Waals surface area contributed by atoms with Crippen LogP contribution in [0.4, 0.5) is 0 Å². The summed E-state index contributed by atoms with van der Waals surface area (Å²) in [6.45, 7) is 4.07. The minimum atomic E-state index is -1.85. The van der Waals surface area contributed by atoms with Gasteiger partial charge >= 0.3 is 0 Å². The Hall–Kier alpha value is -1.52. The Morgan fingerprint density at radius 3 is 1.85 bits per heavy atom. The van der Waals surface area contributed by atoms with Crippen molar-refractivity contribution < 1.29 is 35.1 Å². The number of carbonyl (C=O) groups excluding carboxylic acids is 2. The highest BCUT2D eigenvalue weighted by Gasteiger charge is 2.33. The molecular formula is C11H22N2O7. The molecule has 4 atom stereocenters. The summed E-state index contributed by atoms with van der Waals surface area (Å²) >= 11 is 0. The van der Waals surface area contributed by atoms with Gasteiger partial charge in [0.2, 0.25) is 5.91 Å². The second-order valence-corrected chi connectivity index (χ2v) is 3.93. The first-order valence-corrected chi connectivity index (χ1v) is 5.60. The van der Waals surface area contributed by atoms with Gasteiger partial charge in [0, 0.05) is 12.6 Å². The topological polar surface area (TPSA) is 173 Å². The van der Waals surface area contributed by atoms with Crippen molar-refractivity contribution in [1.29, 1.82) is 0 Å². The van der Waals surface area contributed by atoms with E-state index < -0.39 is 42.8 Å². The van der Waals surface area contributed by atoms with Crippen molar-refractivity contribution >= 4 is 11.8 Å². The van der Waals surface area contributed by atoms with Crippen molar-refractivity contribution in [1.82, 2.24) is 5.32 Å². The summed E-state index contributed by atoms with van der Waals surface area (Å²) in [7, 11) is 1.24. The summed E-state index contributed by atoms with van der Waals surface area (Å²) in [5.41, 5.74) is 5.09. The molecule has 0 heterocycles. The molecule has 118 valence electrons. The highest BCUT2D eigenvalue weighted by Crippen LogP contribution is 2.04. The molecule has 0 aliphatic carbocycles. The normalized spacial score (nSPS) is 15.9. The van der Waals surface area contributed by atoms with Gasteiger partial charge in [-0.1, -0.05) is 6.58 Å². The van der Waals surface area contributed by atoms with Gasteiger partial charge in [-0.2, -0.15) is 0 Å². The molecule has 9 nitrogen and oxygen atoms in total. The fourth-order valence-corrected chi connectivity index (χ4v) is 0.825. The molecule has 0 aromatic carbocycles. The predicted molar refractivity (Wildman–Crippen MR) is 69.2 cm³/mol. The number of nitrogens with two attached hydrogens (primary N) is 1. The van der Waals surface area contributed by atoms with Crippen LogP contribution in [0, 0.1) is 0 Å². The first kappa shape index (κ1) is 20.8. The zero-order chi connectivity index (χ0) is 16.5. The van der Waals surface area contributed by atoms with E-state index in [0.717, 1.165) is 0 Å². The molecule has 20 heavy (non-hydrogen) atoms. The quantitative estimate of drug-likeness (QED) is 0.246. The van der Waals surface area contributed by atoms with Gasteiger partial charge in [-0.25, -0.2) is 0 Å². The van der Waals surface area contributed by atoms with Gasteiger partial charge in [-0.15, -0.1) is 0 Å². The highest BCUT2D eigenvalue weighted by molar-refractivity contribution is 5.90. The molecule has 0 saturated heterocycles. The van der Waals surface area contributed by atoms with E-state index in [1.165, 1.54) is 7.05 Å². The summed E-state index contributed by atoms with van der Waals surface area (Å²) in [6, 6.07) is 0. The van der Waals surface area contributed by atoms with Crippen LogP contribution in [0.25, 0.3) is 0 Å². The molecule has 0 radical (unpaired) electrons. The van der Waals surface area contributed by atoms with Gasteiger partial charge in [0.25, 0.3) is 5.91 Å². The molecule has 0 spiro atoms. The maximum absolute atomic E-state index is 10.8. The predicted octanol–water partition coefficient (Wildman–Crippen LogP) is -3.78. The standard InChI is InChI=1S/C7H15NO6.C4H7NO/c1-8-7(14)6(13)5(12)4(11)3(10)2-9;1-3(2)4(5)6/h3-6,9-13H,2H2,1H3,(H,8,14);1H2,2H3,(H2,5,6). The molecule has 2 amide bonds. The van der Waals surface area contributed by atoms with Crippen LogP contribution in [0.2, 0.25) is 0 Å². The number of nitrogens with one attached hydrogen (secondary N) is 1. The summed E-state index contributed by atoms with van der Waals surface area (Å²) in [4.78, 5) is 20.6. The fraction of sp³-hybridized carbons (Fsp3) is 0.636. The maximum Gasteiger partial charge on any atom is 0.251 e. The summed E-state index contributed by atoms with van der Waals surface area (Å²) in [5.74, 6) is -1.32. The largest absolute Gasteiger partial charge is 0.394 e. The molecule has 8 N–H and O–H groups in total. The third-order valence-corrected chi connectivity index (χ3v) is 2.19. The van der Waals surface area contributed by atoms with E-state index in [2.05, 4.69) is 11.9 Å². The van der Waals surface area contributed by atoms with Gasteiger partial charge in [-0.3, -0.25) is 9.59 Å². The van der Waals surface area contributed by atoms with Crippen molar-refractivity contribution in [3.05, 3.63) is 12.2 Å². The first-order chi connectivity index (χ1) is 9.09. The second kappa shape index (κ2) is 10.3. The number of rotatable bonds is 6. The van der Waals surface area contributed by atoms with E-state index in [0.29, 0.717) is 5.57 Å². The molecule has 0 bridgehead atoms. The van der Waals surface area contributed by atoms with Gasteiger partial charge in [0.1, 0.15) is 18.3 Å². The maximum atomic E-state index is 10.8. The van der Waals surface area contributed by atoms with Crippen LogP contribution in [-0.4, -0.2) is 75.4 Å². The molecule has 0 fully saturated rings. The van der Waals surface area contributed by atoms with E-state index in [4.69, 9.17) is 31.3 Å². The lowest BCUT2D eigenvalue weighted by molar-refractivity contribution is -0.148. The van der Waals surface area contributed by atoms with E-state index in [9.17, 15) is 9.59 Å². The highest BCUT2D eigenvalue weighted by atomic mass is 16.4. The second-order valence-electron chi connectivity index (χ2n) is 3.93. The molecule has 0 rings (SSSR count). The number of aliphatic hydroxyl groups excluding tert-OH is 5. The molecule has 0 aromatic rings. The SMILES string of the molecule is C=C(C)C(N)=O.CNC(=O)C(O)C(O)C(O)C(O)CO. The lowest BCUT2D eigenvalue weighted by atomic mass is 10.0. The lowest BCUT2D eigenvalue weighted by Crippen LogP contribution is -2.51. The van der Waals surface area contributed by atoms with Crippen LogP contribution < -0.4 is 11.1 Å². The van der Waals surface area contributed by atoms with Gasteiger partial charge in [0.15, 0.2) is 6.10 Å². The average molecular weight is 294 g/mol. The number of amides is 2. The Morgan fingerprint density at radius 2 is 1.60 bits per heavy atom. The van der Waals surface area contributed by atoms with Crippen molar-refractivity contribution in [3.8, 4) is 0 Å². The van der Waals surface area contributed by atoms with Gasteiger partial charge in [0.05, 0.1) is 6.61 Å². The molecular weight excluding hydrogens is 272 g/mol. The fourth-order valence-electron chi connectivity index (χ4n) is 0.825. The van der Waals surface area contributed by atoms with Crippen LogP contribution >= 0.6 is 0 Å². The van der Waals surface area contributed by atoms with Crippen molar-refractivity contribution in [2.75, 3.05) is 13.7 Å². The number of likely N-dealkylation sites (N-methyl/N-ethyl adjacent to an activating group) is 1. The van der Waals surface area contributed by atoms with E-state index >= 15 is 0 Å². The van der Waals surface area contributed by atoms with Gasteiger partial charge in [-0.05, 0) is 6.92 Å². The van der Waals surface area contributed by atoms with E-state index in [1.807, 2.05) is 0 Å². The molecule has 9 heteroatoms. The molecule has 0 aliphatic rings. The molecule has 0 aromatic heterocycles. The number of carbonyl (C=O) groups is 2. The lowest BCUT2D eigenvalue weighted by Gasteiger charge is -2.24. The molecule has 0 aliphatic heterocycles. The minimum absolute atomic E-state index is 0.398. The Kier molecular flexibility index (Phi) is 10.7. The Morgan fingerprint density at radius 1 is 1.20 bits per heavy atom. The van der Waals surface area contributed by atoms with Crippen LogP contribution in [0.15, 0.2) is 12.2 Å². The van der Waals surface area contributed by atoms with Gasteiger partial charge < -0.3 is 36.6 Å². The van der Waals surface area contributed by atoms with E-state index in [-0.39, 0.29) is 0 Å². The zero-order valence-corrected chi connectivity index (χ0v) is 11.4. The average Bonchev–Trinajstić information content (AvgIpc) is 2.43. The molecule has 0 saturated carbocycles. The summed E-state index contributed by atoms with van der Waals surface area (Å²) in [5, 5.41) is 46.7. The van der Waals surface area contributed by atoms with E-state index in [1.54, 1.807) is 6.92 Å². The van der Waals surface area contributed by atoms with Crippen molar-refractivity contribution in [2.24, 2.45) is 5.73 Å². The third kappa shape index (κ3) is 7.81. The Bertz CT molecular complexity index is 323. The van der Waals surface area contributed by atoms with Crippen LogP contribution in [0.1, 0.15) is 6.92 Å². The summed E-state index contributed by atoms with van der Waals surface area (Å²) < 4.78 is 0. The smallest absolute Gasteiger partial charge is 0.251 e. The van der Waals surface area contributed by atoms with Crippen LogP contribution in [-0.2, 0) is 9.59 Å². The van der Waals surface area contributed by atoms with Crippen molar-refractivity contribution in [3.63, 3.8) is 0 Å². The van der Waals surface area contributed by atoms with Crippen LogP contribution in [0.5, 0.6) is 0 Å². The number of primary amides is 1. The Balaban J connectivity index is 0. The van der Waals surface area contributed by atoms with Crippen LogP contribution in [0.3, 0.4) is 0 Å². The number of aliphatic hydroxyl groups is 5. The van der Waals surface area contributed by atoms with Crippen molar-refractivity contribution in [2.45, 2.75) is 31.3 Å². The third-order valence-electron chi connectivity index (χ3n) is 2.19. The molecule has 4 unspecified atom stereocenters. The first-order valence-electron chi connectivity index (χ1n) is 5.60. The minimum Gasteiger partial charge on any atom is -0.394 e. The number of hydrogen-bond acceptors (Lipinski definition) is 7. The number of hydrogen-bond donors (Lipinski definition) is 7. The summed E-state index contributed by atoms with van der Waals surface area (Å²) in [6.07, 6.45) is -7.09.